The minimum atomic E-state index is -0.305. The first-order valence-corrected chi connectivity index (χ1v) is 11.5. The normalized spacial score (nSPS) is 10.7. The Balaban J connectivity index is 1.63. The van der Waals surface area contributed by atoms with Crippen LogP contribution in [0.5, 0.6) is 11.5 Å². The number of halogens is 1. The maximum Gasteiger partial charge on any atom is 0.253 e. The van der Waals surface area contributed by atoms with Crippen LogP contribution in [-0.4, -0.2) is 29.2 Å². The van der Waals surface area contributed by atoms with Crippen molar-refractivity contribution in [3.63, 3.8) is 0 Å². The summed E-state index contributed by atoms with van der Waals surface area (Å²) in [6, 6.07) is 21.5. The number of nitrogens with one attached hydrogen (secondary N) is 2. The highest BCUT2D eigenvalue weighted by Gasteiger charge is 2.15. The van der Waals surface area contributed by atoms with Crippen LogP contribution in [-0.2, 0) is 19.6 Å². The van der Waals surface area contributed by atoms with Crippen molar-refractivity contribution >= 4 is 28.2 Å². The van der Waals surface area contributed by atoms with Gasteiger partial charge in [-0.3, -0.25) is 4.79 Å². The third kappa shape index (κ3) is 5.96. The van der Waals surface area contributed by atoms with Crippen molar-refractivity contribution in [3.8, 4) is 11.5 Å². The predicted molar refractivity (Wildman–Crippen MR) is 139 cm³/mol. The Hall–Kier alpha value is -3.91. The summed E-state index contributed by atoms with van der Waals surface area (Å²) in [5, 5.41) is 4.57. The SMILES string of the molecule is COc1cc2cc(CN(Cc3ccc(F)cc3)C(=S)NCc3ccccc3)c(=O)[nH]c2cc1OC. The maximum atomic E-state index is 13.4. The van der Waals surface area contributed by atoms with Crippen LogP contribution in [0.15, 0.2) is 77.6 Å². The van der Waals surface area contributed by atoms with Gasteiger partial charge in [0, 0.05) is 30.1 Å². The van der Waals surface area contributed by atoms with Gasteiger partial charge in [0.1, 0.15) is 5.82 Å². The molecule has 35 heavy (non-hydrogen) atoms. The third-order valence-electron chi connectivity index (χ3n) is 5.65. The van der Waals surface area contributed by atoms with Crippen LogP contribution in [0.3, 0.4) is 0 Å². The Bertz CT molecular complexity index is 1370. The summed E-state index contributed by atoms with van der Waals surface area (Å²) in [6.45, 7) is 1.21. The zero-order valence-electron chi connectivity index (χ0n) is 19.5. The van der Waals surface area contributed by atoms with E-state index in [-0.39, 0.29) is 17.9 Å². The van der Waals surface area contributed by atoms with Crippen LogP contribution < -0.4 is 20.3 Å². The highest BCUT2D eigenvalue weighted by Crippen LogP contribution is 2.31. The van der Waals surface area contributed by atoms with E-state index < -0.39 is 0 Å². The fourth-order valence-corrected chi connectivity index (χ4v) is 4.00. The summed E-state index contributed by atoms with van der Waals surface area (Å²) in [5.41, 5.74) is 2.92. The highest BCUT2D eigenvalue weighted by molar-refractivity contribution is 7.80. The average molecular weight is 492 g/mol. The standard InChI is InChI=1S/C27H26FN3O3S/c1-33-24-13-20-12-21(26(32)30-23(20)14-25(24)34-2)17-31(16-19-8-10-22(28)11-9-19)27(35)29-15-18-6-4-3-5-7-18/h3-14H,15-17H2,1-2H3,(H,29,35)(H,30,32). The molecule has 0 aliphatic heterocycles. The molecule has 0 aliphatic carbocycles. The second kappa shape index (κ2) is 11.0. The summed E-state index contributed by atoms with van der Waals surface area (Å²) >= 11 is 5.70. The number of pyridine rings is 1. The van der Waals surface area contributed by atoms with Gasteiger partial charge in [0.25, 0.3) is 5.56 Å². The number of H-pyrrole nitrogens is 1. The molecule has 3 aromatic carbocycles. The number of ether oxygens (including phenoxy) is 2. The van der Waals surface area contributed by atoms with E-state index in [4.69, 9.17) is 21.7 Å². The summed E-state index contributed by atoms with van der Waals surface area (Å²) in [6.07, 6.45) is 0. The molecule has 0 saturated carbocycles. The van der Waals surface area contributed by atoms with Crippen LogP contribution in [0.2, 0.25) is 0 Å². The van der Waals surface area contributed by atoms with Crippen molar-refractivity contribution in [2.24, 2.45) is 0 Å². The van der Waals surface area contributed by atoms with Crippen LogP contribution in [0.1, 0.15) is 16.7 Å². The largest absolute Gasteiger partial charge is 0.493 e. The number of benzene rings is 3. The molecule has 8 heteroatoms. The molecule has 1 aromatic heterocycles. The maximum absolute atomic E-state index is 13.4. The number of nitrogens with zero attached hydrogens (tertiary/aromatic N) is 1. The molecule has 4 aromatic rings. The molecule has 0 amide bonds. The summed E-state index contributed by atoms with van der Waals surface area (Å²) in [7, 11) is 3.12. The van der Waals surface area contributed by atoms with Gasteiger partial charge in [-0.2, -0.15) is 0 Å². The topological polar surface area (TPSA) is 66.6 Å². The number of aromatic amines is 1. The monoisotopic (exact) mass is 491 g/mol. The number of rotatable bonds is 8. The number of hydrogen-bond acceptors (Lipinski definition) is 4. The van der Waals surface area contributed by atoms with Gasteiger partial charge in [0.2, 0.25) is 0 Å². The molecule has 0 unspecified atom stereocenters. The molecule has 0 radical (unpaired) electrons. The first kappa shape index (κ1) is 24.2. The molecule has 0 spiro atoms. The van der Waals surface area contributed by atoms with E-state index in [0.29, 0.717) is 40.8 Å². The molecule has 0 saturated heterocycles. The molecule has 0 bridgehead atoms. The number of methoxy groups -OCH3 is 2. The minimum Gasteiger partial charge on any atom is -0.493 e. The molecule has 6 nitrogen and oxygen atoms in total. The number of aromatic nitrogens is 1. The zero-order valence-corrected chi connectivity index (χ0v) is 20.3. The van der Waals surface area contributed by atoms with Crippen molar-refractivity contribution < 1.29 is 13.9 Å². The Morgan fingerprint density at radius 3 is 2.31 bits per heavy atom. The van der Waals surface area contributed by atoms with Crippen molar-refractivity contribution in [3.05, 3.63) is 106 Å². The van der Waals surface area contributed by atoms with Gasteiger partial charge >= 0.3 is 0 Å². The van der Waals surface area contributed by atoms with Gasteiger partial charge in [-0.05, 0) is 47.6 Å². The quantitative estimate of drug-likeness (QED) is 0.347. The van der Waals surface area contributed by atoms with Gasteiger partial charge in [-0.25, -0.2) is 4.39 Å². The summed E-state index contributed by atoms with van der Waals surface area (Å²) in [4.78, 5) is 17.8. The molecule has 1 heterocycles. The van der Waals surface area contributed by atoms with Crippen molar-refractivity contribution in [1.29, 1.82) is 0 Å². The van der Waals surface area contributed by atoms with Crippen molar-refractivity contribution in [2.75, 3.05) is 14.2 Å². The molecular formula is C27H26FN3O3S. The van der Waals surface area contributed by atoms with Crippen LogP contribution in [0.4, 0.5) is 4.39 Å². The zero-order chi connectivity index (χ0) is 24.8. The Morgan fingerprint density at radius 2 is 1.63 bits per heavy atom. The Morgan fingerprint density at radius 1 is 0.943 bits per heavy atom. The molecule has 180 valence electrons. The van der Waals surface area contributed by atoms with Crippen molar-refractivity contribution in [1.82, 2.24) is 15.2 Å². The van der Waals surface area contributed by atoms with Gasteiger partial charge in [0.15, 0.2) is 16.6 Å². The molecular weight excluding hydrogens is 465 g/mol. The van der Waals surface area contributed by atoms with E-state index >= 15 is 0 Å². The first-order chi connectivity index (χ1) is 17.0. The molecule has 2 N–H and O–H groups in total. The van der Waals surface area contributed by atoms with E-state index in [1.54, 1.807) is 32.4 Å². The second-order valence-electron chi connectivity index (χ2n) is 8.04. The number of thiocarbonyl (C=S) groups is 1. The second-order valence-corrected chi connectivity index (χ2v) is 8.43. The molecule has 4 rings (SSSR count). The van der Waals surface area contributed by atoms with Crippen LogP contribution in [0, 0.1) is 5.82 Å². The smallest absolute Gasteiger partial charge is 0.253 e. The fraction of sp³-hybridized carbons (Fsp3) is 0.185. The Labute approximate surface area is 208 Å². The van der Waals surface area contributed by atoms with E-state index in [1.807, 2.05) is 47.4 Å². The average Bonchev–Trinajstić information content (AvgIpc) is 2.88. The Kier molecular flexibility index (Phi) is 7.62. The highest BCUT2D eigenvalue weighted by atomic mass is 32.1. The summed E-state index contributed by atoms with van der Waals surface area (Å²) < 4.78 is 24.2. The van der Waals surface area contributed by atoms with E-state index in [2.05, 4.69) is 10.3 Å². The first-order valence-electron chi connectivity index (χ1n) is 11.1. The fourth-order valence-electron chi connectivity index (χ4n) is 3.80. The lowest BCUT2D eigenvalue weighted by molar-refractivity contribution is 0.355. The lowest BCUT2D eigenvalue weighted by Gasteiger charge is -2.26. The molecule has 0 fully saturated rings. The van der Waals surface area contributed by atoms with Gasteiger partial charge in [0.05, 0.1) is 26.3 Å². The third-order valence-corrected chi connectivity index (χ3v) is 6.05. The van der Waals surface area contributed by atoms with Gasteiger partial charge in [-0.15, -0.1) is 0 Å². The van der Waals surface area contributed by atoms with Gasteiger partial charge < -0.3 is 24.7 Å². The van der Waals surface area contributed by atoms with E-state index in [0.717, 1.165) is 16.5 Å². The van der Waals surface area contributed by atoms with Crippen molar-refractivity contribution in [2.45, 2.75) is 19.6 Å². The molecule has 0 atom stereocenters. The lowest BCUT2D eigenvalue weighted by Crippen LogP contribution is -2.39. The predicted octanol–water partition coefficient (Wildman–Crippen LogP) is 4.76. The lowest BCUT2D eigenvalue weighted by atomic mass is 10.1. The van der Waals surface area contributed by atoms with E-state index in [9.17, 15) is 9.18 Å². The van der Waals surface area contributed by atoms with Gasteiger partial charge in [-0.1, -0.05) is 42.5 Å². The van der Waals surface area contributed by atoms with E-state index in [1.165, 1.54) is 12.1 Å². The number of fused-ring (bicyclic) bond motifs is 1. The summed E-state index contributed by atoms with van der Waals surface area (Å²) in [5.74, 6) is 0.800. The molecule has 0 aliphatic rings. The van der Waals surface area contributed by atoms with Crippen LogP contribution in [0.25, 0.3) is 10.9 Å². The number of hydrogen-bond donors (Lipinski definition) is 2. The minimum absolute atomic E-state index is 0.223. The van der Waals surface area contributed by atoms with Crippen LogP contribution >= 0.6 is 12.2 Å².